The second-order valence-corrected chi connectivity index (χ2v) is 8.36. The SMILES string of the molecule is COc1ccc(OC)c(Sc2nc3c([nH]2)c(=N)ncn3CCc2cc(C)ccc2C)c1. The van der Waals surface area contributed by atoms with Gasteiger partial charge in [0, 0.05) is 6.54 Å². The van der Waals surface area contributed by atoms with E-state index in [1.165, 1.54) is 28.5 Å². The molecule has 31 heavy (non-hydrogen) atoms. The van der Waals surface area contributed by atoms with Gasteiger partial charge in [0.1, 0.15) is 17.0 Å². The zero-order valence-electron chi connectivity index (χ0n) is 18.0. The minimum absolute atomic E-state index is 0.176. The van der Waals surface area contributed by atoms with Gasteiger partial charge in [-0.2, -0.15) is 0 Å². The van der Waals surface area contributed by atoms with Crippen LogP contribution in [0.2, 0.25) is 0 Å². The van der Waals surface area contributed by atoms with Gasteiger partial charge in [0.15, 0.2) is 16.3 Å². The van der Waals surface area contributed by atoms with Crippen LogP contribution in [-0.4, -0.2) is 33.7 Å². The van der Waals surface area contributed by atoms with E-state index in [-0.39, 0.29) is 5.49 Å². The van der Waals surface area contributed by atoms with Gasteiger partial charge in [-0.1, -0.05) is 23.8 Å². The average molecular weight is 436 g/mol. The molecule has 0 amide bonds. The van der Waals surface area contributed by atoms with Crippen LogP contribution in [0.4, 0.5) is 0 Å². The molecule has 8 heteroatoms. The molecule has 160 valence electrons. The molecule has 2 heterocycles. The second kappa shape index (κ2) is 8.85. The lowest BCUT2D eigenvalue weighted by Gasteiger charge is -2.10. The lowest BCUT2D eigenvalue weighted by Crippen LogP contribution is -2.13. The molecule has 0 saturated heterocycles. The van der Waals surface area contributed by atoms with E-state index in [1.54, 1.807) is 20.5 Å². The van der Waals surface area contributed by atoms with Crippen LogP contribution in [0, 0.1) is 19.3 Å². The molecule has 0 bridgehead atoms. The average Bonchev–Trinajstić information content (AvgIpc) is 3.20. The Labute approximate surface area is 185 Å². The van der Waals surface area contributed by atoms with Crippen LogP contribution in [-0.2, 0) is 13.0 Å². The van der Waals surface area contributed by atoms with E-state index in [0.717, 1.165) is 35.0 Å². The number of aryl methyl sites for hydroxylation is 4. The van der Waals surface area contributed by atoms with E-state index in [9.17, 15) is 0 Å². The molecule has 0 spiro atoms. The maximum absolute atomic E-state index is 8.20. The number of fused-ring (bicyclic) bond motifs is 1. The maximum Gasteiger partial charge on any atom is 0.173 e. The maximum atomic E-state index is 8.20. The van der Waals surface area contributed by atoms with Crippen LogP contribution in [0.25, 0.3) is 11.2 Å². The number of ether oxygens (including phenoxy) is 2. The molecule has 4 rings (SSSR count). The highest BCUT2D eigenvalue weighted by molar-refractivity contribution is 7.99. The number of H-pyrrole nitrogens is 1. The number of aromatic amines is 1. The summed E-state index contributed by atoms with van der Waals surface area (Å²) in [6, 6.07) is 12.1. The van der Waals surface area contributed by atoms with Crippen molar-refractivity contribution in [2.24, 2.45) is 0 Å². The third-order valence-corrected chi connectivity index (χ3v) is 6.13. The molecule has 2 aromatic heterocycles. The van der Waals surface area contributed by atoms with Gasteiger partial charge >= 0.3 is 0 Å². The highest BCUT2D eigenvalue weighted by Gasteiger charge is 2.14. The van der Waals surface area contributed by atoms with Crippen molar-refractivity contribution in [1.82, 2.24) is 19.5 Å². The Morgan fingerprint density at radius 1 is 1.10 bits per heavy atom. The first-order valence-electron chi connectivity index (χ1n) is 9.94. The number of nitrogens with zero attached hydrogens (tertiary/aromatic N) is 3. The Bertz CT molecular complexity index is 1300. The standard InChI is InChI=1S/C23H25N5O2S/c1-14-5-6-15(2)16(11-14)9-10-28-13-25-21(24)20-22(28)27-23(26-20)31-19-12-17(29-3)7-8-18(19)30-4/h5-8,11-13,24H,9-10H2,1-4H3,(H,26,27). The summed E-state index contributed by atoms with van der Waals surface area (Å²) < 4.78 is 12.8. The molecular formula is C23H25N5O2S. The molecule has 2 N–H and O–H groups in total. The topological polar surface area (TPSA) is 88.8 Å². The fourth-order valence-electron chi connectivity index (χ4n) is 3.45. The van der Waals surface area contributed by atoms with Crippen molar-refractivity contribution in [2.45, 2.75) is 36.9 Å². The van der Waals surface area contributed by atoms with E-state index in [1.807, 2.05) is 22.8 Å². The fraction of sp³-hybridized carbons (Fsp3) is 0.261. The van der Waals surface area contributed by atoms with Gasteiger partial charge in [-0.3, -0.25) is 5.41 Å². The van der Waals surface area contributed by atoms with Crippen LogP contribution < -0.4 is 15.0 Å². The van der Waals surface area contributed by atoms with Crippen LogP contribution in [0.3, 0.4) is 0 Å². The van der Waals surface area contributed by atoms with Crippen molar-refractivity contribution in [3.63, 3.8) is 0 Å². The molecule has 2 aromatic carbocycles. The summed E-state index contributed by atoms with van der Waals surface area (Å²) in [7, 11) is 3.27. The van der Waals surface area contributed by atoms with Gasteiger partial charge in [-0.25, -0.2) is 9.97 Å². The lowest BCUT2D eigenvalue weighted by atomic mass is 10.0. The number of nitrogens with one attached hydrogen (secondary N) is 2. The van der Waals surface area contributed by atoms with Crippen molar-refractivity contribution in [1.29, 1.82) is 5.41 Å². The summed E-state index contributed by atoms with van der Waals surface area (Å²) in [5.41, 5.74) is 5.34. The number of hydrogen-bond acceptors (Lipinski definition) is 6. The smallest absolute Gasteiger partial charge is 0.173 e. The number of aromatic nitrogens is 4. The molecule has 0 aliphatic carbocycles. The van der Waals surface area contributed by atoms with Gasteiger partial charge in [0.2, 0.25) is 0 Å². The predicted molar refractivity (Wildman–Crippen MR) is 121 cm³/mol. The third kappa shape index (κ3) is 4.44. The van der Waals surface area contributed by atoms with Crippen molar-refractivity contribution < 1.29 is 9.47 Å². The van der Waals surface area contributed by atoms with E-state index >= 15 is 0 Å². The first-order valence-corrected chi connectivity index (χ1v) is 10.8. The molecule has 0 fully saturated rings. The summed E-state index contributed by atoms with van der Waals surface area (Å²) in [6.07, 6.45) is 2.56. The lowest BCUT2D eigenvalue weighted by molar-refractivity contribution is 0.394. The summed E-state index contributed by atoms with van der Waals surface area (Å²) in [4.78, 5) is 13.1. The Morgan fingerprint density at radius 2 is 1.94 bits per heavy atom. The number of hydrogen-bond donors (Lipinski definition) is 2. The van der Waals surface area contributed by atoms with Crippen molar-refractivity contribution >= 4 is 22.9 Å². The summed E-state index contributed by atoms with van der Waals surface area (Å²) in [5.74, 6) is 1.48. The fourth-order valence-corrected chi connectivity index (χ4v) is 4.37. The zero-order chi connectivity index (χ0) is 22.0. The number of benzene rings is 2. The van der Waals surface area contributed by atoms with E-state index in [0.29, 0.717) is 10.7 Å². The van der Waals surface area contributed by atoms with Crippen LogP contribution in [0.5, 0.6) is 11.5 Å². The van der Waals surface area contributed by atoms with E-state index in [2.05, 4.69) is 42.0 Å². The van der Waals surface area contributed by atoms with Gasteiger partial charge in [-0.15, -0.1) is 0 Å². The Hall–Kier alpha value is -3.26. The summed E-state index contributed by atoms with van der Waals surface area (Å²) >= 11 is 1.43. The molecular weight excluding hydrogens is 410 g/mol. The first kappa shape index (κ1) is 21.0. The monoisotopic (exact) mass is 435 g/mol. The largest absolute Gasteiger partial charge is 0.497 e. The third-order valence-electron chi connectivity index (χ3n) is 5.20. The minimum atomic E-state index is 0.176. The Balaban J connectivity index is 1.65. The molecule has 0 saturated carbocycles. The minimum Gasteiger partial charge on any atom is -0.497 e. The molecule has 7 nitrogen and oxygen atoms in total. The molecule has 0 atom stereocenters. The van der Waals surface area contributed by atoms with Crippen LogP contribution >= 0.6 is 11.8 Å². The summed E-state index contributed by atoms with van der Waals surface area (Å²) in [6.45, 7) is 4.96. The quantitative estimate of drug-likeness (QED) is 0.453. The van der Waals surface area contributed by atoms with Crippen LogP contribution in [0.1, 0.15) is 16.7 Å². The van der Waals surface area contributed by atoms with Crippen molar-refractivity contribution in [2.75, 3.05) is 14.2 Å². The van der Waals surface area contributed by atoms with Gasteiger partial charge < -0.3 is 19.0 Å². The number of methoxy groups -OCH3 is 2. The van der Waals surface area contributed by atoms with E-state index in [4.69, 9.17) is 19.9 Å². The first-order chi connectivity index (χ1) is 15.0. The van der Waals surface area contributed by atoms with Gasteiger partial charge in [-0.05, 0) is 61.4 Å². The normalized spacial score (nSPS) is 11.1. The predicted octanol–water partition coefficient (Wildman–Crippen LogP) is 4.27. The molecule has 0 aliphatic rings. The molecule has 0 aliphatic heterocycles. The second-order valence-electron chi connectivity index (χ2n) is 7.33. The van der Waals surface area contributed by atoms with Crippen LogP contribution in [0.15, 0.2) is 52.8 Å². The van der Waals surface area contributed by atoms with Gasteiger partial charge in [0.25, 0.3) is 0 Å². The molecule has 0 unspecified atom stereocenters. The molecule has 4 aromatic rings. The Morgan fingerprint density at radius 3 is 2.71 bits per heavy atom. The van der Waals surface area contributed by atoms with E-state index < -0.39 is 0 Å². The number of imidazole rings is 1. The summed E-state index contributed by atoms with van der Waals surface area (Å²) in [5, 5.41) is 8.87. The molecule has 0 radical (unpaired) electrons. The highest BCUT2D eigenvalue weighted by atomic mass is 32.2. The zero-order valence-corrected chi connectivity index (χ0v) is 18.8. The van der Waals surface area contributed by atoms with Gasteiger partial charge in [0.05, 0.1) is 25.4 Å². The number of rotatable bonds is 7. The highest BCUT2D eigenvalue weighted by Crippen LogP contribution is 2.36. The van der Waals surface area contributed by atoms with Crippen molar-refractivity contribution in [3.05, 3.63) is 64.9 Å². The van der Waals surface area contributed by atoms with Crippen molar-refractivity contribution in [3.8, 4) is 11.5 Å². The Kier molecular flexibility index (Phi) is 5.99.